The molecular weight excluding hydrogens is 242 g/mol. The number of aryl methyl sites for hydroxylation is 1. The second-order valence-electron chi connectivity index (χ2n) is 4.90. The number of nitrogens with zero attached hydrogens (tertiary/aromatic N) is 3. The number of likely N-dealkylation sites (tertiary alicyclic amines) is 1. The molecule has 1 aliphatic heterocycles. The molecule has 2 rings (SSSR count). The van der Waals surface area contributed by atoms with Gasteiger partial charge < -0.3 is 15.6 Å². The number of aliphatic imine (C=N–C) groups is 1. The van der Waals surface area contributed by atoms with Gasteiger partial charge in [0.2, 0.25) is 0 Å². The number of guanidine groups is 1. The molecule has 6 nitrogen and oxygen atoms in total. The first-order chi connectivity index (χ1) is 9.16. The van der Waals surface area contributed by atoms with Crippen molar-refractivity contribution in [2.75, 3.05) is 13.1 Å². The SMILES string of the molecule is Cc1ncc(CN=C(N)N2CCCCCC2)c(=O)[nH]1. The molecule has 0 amide bonds. The van der Waals surface area contributed by atoms with Crippen molar-refractivity contribution in [1.29, 1.82) is 0 Å². The van der Waals surface area contributed by atoms with Gasteiger partial charge in [0.05, 0.1) is 12.1 Å². The summed E-state index contributed by atoms with van der Waals surface area (Å²) in [6, 6.07) is 0. The summed E-state index contributed by atoms with van der Waals surface area (Å²) < 4.78 is 0. The molecule has 0 atom stereocenters. The molecule has 19 heavy (non-hydrogen) atoms. The summed E-state index contributed by atoms with van der Waals surface area (Å²) in [5.74, 6) is 1.14. The van der Waals surface area contributed by atoms with Gasteiger partial charge in [0.25, 0.3) is 5.56 Å². The van der Waals surface area contributed by atoms with Crippen LogP contribution in [0.4, 0.5) is 0 Å². The van der Waals surface area contributed by atoms with E-state index in [0.717, 1.165) is 25.9 Å². The first kappa shape index (κ1) is 13.6. The molecule has 0 saturated carbocycles. The zero-order chi connectivity index (χ0) is 13.7. The summed E-state index contributed by atoms with van der Waals surface area (Å²) in [6.45, 7) is 3.95. The average Bonchev–Trinajstić information content (AvgIpc) is 2.66. The Morgan fingerprint density at radius 3 is 2.74 bits per heavy atom. The Labute approximate surface area is 112 Å². The first-order valence-electron chi connectivity index (χ1n) is 6.76. The van der Waals surface area contributed by atoms with Gasteiger partial charge in [0.1, 0.15) is 5.82 Å². The minimum absolute atomic E-state index is 0.139. The molecule has 1 aromatic rings. The van der Waals surface area contributed by atoms with Crippen molar-refractivity contribution < 1.29 is 0 Å². The first-order valence-corrected chi connectivity index (χ1v) is 6.76. The van der Waals surface area contributed by atoms with Crippen molar-refractivity contribution in [3.05, 3.63) is 27.9 Å². The van der Waals surface area contributed by atoms with E-state index in [-0.39, 0.29) is 12.1 Å². The van der Waals surface area contributed by atoms with E-state index in [2.05, 4.69) is 19.9 Å². The predicted molar refractivity (Wildman–Crippen MR) is 75.0 cm³/mol. The summed E-state index contributed by atoms with van der Waals surface area (Å²) in [5, 5.41) is 0. The van der Waals surface area contributed by atoms with Crippen molar-refractivity contribution >= 4 is 5.96 Å². The molecular formula is C13H21N5O. The van der Waals surface area contributed by atoms with Crippen LogP contribution in [0.15, 0.2) is 16.0 Å². The van der Waals surface area contributed by atoms with Gasteiger partial charge in [-0.2, -0.15) is 0 Å². The molecule has 2 heterocycles. The quantitative estimate of drug-likeness (QED) is 0.609. The number of rotatable bonds is 2. The van der Waals surface area contributed by atoms with E-state index in [0.29, 0.717) is 17.3 Å². The fourth-order valence-corrected chi connectivity index (χ4v) is 2.19. The Balaban J connectivity index is 2.02. The van der Waals surface area contributed by atoms with Gasteiger partial charge in [0.15, 0.2) is 5.96 Å². The maximum atomic E-state index is 11.7. The summed E-state index contributed by atoms with van der Waals surface area (Å²) in [6.07, 6.45) is 6.38. The third kappa shape index (κ3) is 3.81. The van der Waals surface area contributed by atoms with E-state index >= 15 is 0 Å². The monoisotopic (exact) mass is 263 g/mol. The van der Waals surface area contributed by atoms with Crippen LogP contribution in [0.3, 0.4) is 0 Å². The van der Waals surface area contributed by atoms with Crippen molar-refractivity contribution in [1.82, 2.24) is 14.9 Å². The molecule has 0 aliphatic carbocycles. The molecule has 104 valence electrons. The lowest BCUT2D eigenvalue weighted by Gasteiger charge is -2.20. The number of nitrogens with two attached hydrogens (primary N) is 1. The zero-order valence-electron chi connectivity index (χ0n) is 11.4. The van der Waals surface area contributed by atoms with Crippen LogP contribution in [0.25, 0.3) is 0 Å². The molecule has 0 radical (unpaired) electrons. The minimum Gasteiger partial charge on any atom is -0.370 e. The lowest BCUT2D eigenvalue weighted by Crippen LogP contribution is -2.38. The van der Waals surface area contributed by atoms with Crippen LogP contribution < -0.4 is 11.3 Å². The molecule has 1 saturated heterocycles. The Morgan fingerprint density at radius 2 is 2.11 bits per heavy atom. The maximum absolute atomic E-state index is 11.7. The molecule has 1 fully saturated rings. The highest BCUT2D eigenvalue weighted by Gasteiger charge is 2.11. The number of aromatic amines is 1. The Hall–Kier alpha value is -1.85. The average molecular weight is 263 g/mol. The Morgan fingerprint density at radius 1 is 1.42 bits per heavy atom. The molecule has 1 aliphatic rings. The highest BCUT2D eigenvalue weighted by molar-refractivity contribution is 5.78. The summed E-state index contributed by atoms with van der Waals surface area (Å²) in [7, 11) is 0. The van der Waals surface area contributed by atoms with Crippen LogP contribution in [0, 0.1) is 6.92 Å². The lowest BCUT2D eigenvalue weighted by molar-refractivity contribution is 0.428. The van der Waals surface area contributed by atoms with Crippen molar-refractivity contribution in [3.63, 3.8) is 0 Å². The molecule has 6 heteroatoms. The molecule has 0 aromatic carbocycles. The fraction of sp³-hybridized carbons (Fsp3) is 0.615. The molecule has 0 spiro atoms. The number of hydrogen-bond donors (Lipinski definition) is 2. The second kappa shape index (κ2) is 6.36. The van der Waals surface area contributed by atoms with Gasteiger partial charge in [-0.25, -0.2) is 9.98 Å². The van der Waals surface area contributed by atoms with E-state index in [4.69, 9.17) is 5.73 Å². The summed E-state index contributed by atoms with van der Waals surface area (Å²) in [5.41, 5.74) is 6.39. The summed E-state index contributed by atoms with van der Waals surface area (Å²) >= 11 is 0. The van der Waals surface area contributed by atoms with Crippen LogP contribution >= 0.6 is 0 Å². The third-order valence-electron chi connectivity index (χ3n) is 3.34. The van der Waals surface area contributed by atoms with E-state index in [1.807, 2.05) is 0 Å². The minimum atomic E-state index is -0.139. The largest absolute Gasteiger partial charge is 0.370 e. The summed E-state index contributed by atoms with van der Waals surface area (Å²) in [4.78, 5) is 24.8. The molecule has 0 unspecified atom stereocenters. The van der Waals surface area contributed by atoms with Crippen LogP contribution in [0.2, 0.25) is 0 Å². The van der Waals surface area contributed by atoms with Gasteiger partial charge in [-0.15, -0.1) is 0 Å². The number of H-pyrrole nitrogens is 1. The van der Waals surface area contributed by atoms with Gasteiger partial charge in [-0.3, -0.25) is 4.79 Å². The fourth-order valence-electron chi connectivity index (χ4n) is 2.19. The Bertz CT molecular complexity index is 500. The van der Waals surface area contributed by atoms with Crippen LogP contribution in [-0.2, 0) is 6.54 Å². The molecule has 3 N–H and O–H groups in total. The van der Waals surface area contributed by atoms with E-state index < -0.39 is 0 Å². The van der Waals surface area contributed by atoms with Crippen molar-refractivity contribution in [2.45, 2.75) is 39.2 Å². The molecule has 0 bridgehead atoms. The highest BCUT2D eigenvalue weighted by Crippen LogP contribution is 2.09. The topological polar surface area (TPSA) is 87.4 Å². The normalized spacial score (nSPS) is 17.3. The standard InChI is InChI=1S/C13H21N5O/c1-10-15-8-11(12(19)17-10)9-16-13(14)18-6-4-2-3-5-7-18/h8H,2-7,9H2,1H3,(H2,14,16)(H,15,17,19). The Kier molecular flexibility index (Phi) is 4.54. The van der Waals surface area contributed by atoms with Gasteiger partial charge in [0, 0.05) is 19.3 Å². The highest BCUT2D eigenvalue weighted by atomic mass is 16.1. The van der Waals surface area contributed by atoms with E-state index in [9.17, 15) is 4.79 Å². The second-order valence-corrected chi connectivity index (χ2v) is 4.90. The van der Waals surface area contributed by atoms with Gasteiger partial charge in [-0.1, -0.05) is 12.8 Å². The van der Waals surface area contributed by atoms with E-state index in [1.54, 1.807) is 13.1 Å². The van der Waals surface area contributed by atoms with Gasteiger partial charge >= 0.3 is 0 Å². The third-order valence-corrected chi connectivity index (χ3v) is 3.34. The van der Waals surface area contributed by atoms with Crippen molar-refractivity contribution in [3.8, 4) is 0 Å². The number of nitrogens with one attached hydrogen (secondary N) is 1. The maximum Gasteiger partial charge on any atom is 0.255 e. The number of aromatic nitrogens is 2. The van der Waals surface area contributed by atoms with Crippen LogP contribution in [-0.4, -0.2) is 33.9 Å². The molecule has 1 aromatic heterocycles. The smallest absolute Gasteiger partial charge is 0.255 e. The number of hydrogen-bond acceptors (Lipinski definition) is 3. The van der Waals surface area contributed by atoms with Crippen LogP contribution in [0.1, 0.15) is 37.1 Å². The zero-order valence-corrected chi connectivity index (χ0v) is 11.4. The van der Waals surface area contributed by atoms with Crippen LogP contribution in [0.5, 0.6) is 0 Å². The van der Waals surface area contributed by atoms with Gasteiger partial charge in [-0.05, 0) is 19.8 Å². The lowest BCUT2D eigenvalue weighted by atomic mass is 10.2. The predicted octanol–water partition coefficient (Wildman–Crippen LogP) is 0.769. The van der Waals surface area contributed by atoms with E-state index in [1.165, 1.54) is 12.8 Å². The van der Waals surface area contributed by atoms with Crippen molar-refractivity contribution in [2.24, 2.45) is 10.7 Å².